The summed E-state index contributed by atoms with van der Waals surface area (Å²) in [5, 5.41) is 0. The minimum absolute atomic E-state index is 0.0304. The summed E-state index contributed by atoms with van der Waals surface area (Å²) in [5.41, 5.74) is 4.03. The van der Waals surface area contributed by atoms with Gasteiger partial charge in [0.1, 0.15) is 0 Å². The molecular formula is C12H13F3N2O3S. The largest absolute Gasteiger partial charge is 0.416 e. The van der Waals surface area contributed by atoms with Gasteiger partial charge in [-0.25, -0.2) is 8.42 Å². The Kier molecular flexibility index (Phi) is 3.87. The number of nitrogen functional groups attached to an aromatic ring is 1. The van der Waals surface area contributed by atoms with Gasteiger partial charge in [-0.1, -0.05) is 0 Å². The number of hydrogen-bond donors (Lipinski definition) is 1. The molecular weight excluding hydrogens is 309 g/mol. The summed E-state index contributed by atoms with van der Waals surface area (Å²) in [7, 11) is -3.17. The van der Waals surface area contributed by atoms with Gasteiger partial charge >= 0.3 is 6.18 Å². The first-order chi connectivity index (χ1) is 9.58. The van der Waals surface area contributed by atoms with E-state index in [-0.39, 0.29) is 35.8 Å². The lowest BCUT2D eigenvalue weighted by atomic mass is 10.1. The molecule has 9 heteroatoms. The maximum atomic E-state index is 12.7. The molecule has 0 spiro atoms. The average molecular weight is 322 g/mol. The lowest BCUT2D eigenvalue weighted by Crippen LogP contribution is -2.43. The average Bonchev–Trinajstić information content (AvgIpc) is 2.36. The molecule has 0 atom stereocenters. The molecule has 0 radical (unpaired) electrons. The predicted octanol–water partition coefficient (Wildman–Crippen LogP) is 1.16. The maximum Gasteiger partial charge on any atom is 0.416 e. The van der Waals surface area contributed by atoms with Crippen molar-refractivity contribution in [3.8, 4) is 0 Å². The lowest BCUT2D eigenvalue weighted by Gasteiger charge is -2.27. The fraction of sp³-hybridized carbons (Fsp3) is 0.417. The third kappa shape index (κ3) is 3.66. The minimum Gasteiger partial charge on any atom is -0.399 e. The van der Waals surface area contributed by atoms with Crippen LogP contribution in [0.5, 0.6) is 0 Å². The van der Waals surface area contributed by atoms with Crippen LogP contribution in [0.4, 0.5) is 18.9 Å². The van der Waals surface area contributed by atoms with E-state index in [1.54, 1.807) is 0 Å². The smallest absolute Gasteiger partial charge is 0.399 e. The van der Waals surface area contributed by atoms with Gasteiger partial charge in [-0.15, -0.1) is 0 Å². The molecule has 1 saturated heterocycles. The monoisotopic (exact) mass is 322 g/mol. The highest BCUT2D eigenvalue weighted by Gasteiger charge is 2.33. The van der Waals surface area contributed by atoms with Gasteiger partial charge in [0, 0.05) is 24.3 Å². The van der Waals surface area contributed by atoms with Crippen LogP contribution in [0.2, 0.25) is 0 Å². The van der Waals surface area contributed by atoms with Crippen molar-refractivity contribution in [2.75, 3.05) is 30.3 Å². The number of benzene rings is 1. The van der Waals surface area contributed by atoms with Gasteiger partial charge in [0.05, 0.1) is 17.1 Å². The molecule has 1 fully saturated rings. The molecule has 0 aliphatic carbocycles. The summed E-state index contributed by atoms with van der Waals surface area (Å²) in [6, 6.07) is 2.62. The summed E-state index contributed by atoms with van der Waals surface area (Å²) in [5.74, 6) is -1.02. The highest BCUT2D eigenvalue weighted by molar-refractivity contribution is 7.91. The van der Waals surface area contributed by atoms with Crippen LogP contribution in [0.15, 0.2) is 18.2 Å². The Morgan fingerprint density at radius 3 is 2.24 bits per heavy atom. The van der Waals surface area contributed by atoms with E-state index in [2.05, 4.69) is 0 Å². The molecule has 2 N–H and O–H groups in total. The van der Waals surface area contributed by atoms with Crippen molar-refractivity contribution in [1.82, 2.24) is 4.90 Å². The Bertz CT molecular complexity index is 657. The number of sulfone groups is 1. The third-order valence-electron chi connectivity index (χ3n) is 3.16. The molecule has 2 rings (SSSR count). The fourth-order valence-electron chi connectivity index (χ4n) is 2.04. The Hall–Kier alpha value is -1.77. The normalized spacial score (nSPS) is 18.5. The highest BCUT2D eigenvalue weighted by Crippen LogP contribution is 2.31. The number of carbonyl (C=O) groups is 1. The van der Waals surface area contributed by atoms with Crippen LogP contribution < -0.4 is 5.73 Å². The first kappa shape index (κ1) is 15.6. The van der Waals surface area contributed by atoms with E-state index in [0.29, 0.717) is 0 Å². The number of halogens is 3. The Balaban J connectivity index is 2.26. The van der Waals surface area contributed by atoms with E-state index in [1.165, 1.54) is 4.90 Å². The highest BCUT2D eigenvalue weighted by atomic mass is 32.2. The van der Waals surface area contributed by atoms with Crippen molar-refractivity contribution in [3.63, 3.8) is 0 Å². The fourth-order valence-corrected chi connectivity index (χ4v) is 3.24. The number of nitrogens with two attached hydrogens (primary N) is 1. The van der Waals surface area contributed by atoms with Crippen molar-refractivity contribution in [3.05, 3.63) is 29.3 Å². The Labute approximate surface area is 119 Å². The second kappa shape index (κ2) is 5.21. The summed E-state index contributed by atoms with van der Waals surface area (Å²) < 4.78 is 60.7. The van der Waals surface area contributed by atoms with E-state index < -0.39 is 27.5 Å². The molecule has 0 bridgehead atoms. The number of alkyl halides is 3. The topological polar surface area (TPSA) is 80.5 Å². The van der Waals surface area contributed by atoms with Crippen LogP contribution in [0, 0.1) is 0 Å². The summed E-state index contributed by atoms with van der Waals surface area (Å²) in [6.07, 6.45) is -4.60. The summed E-state index contributed by atoms with van der Waals surface area (Å²) in [6.45, 7) is -0.0609. The first-order valence-electron chi connectivity index (χ1n) is 6.06. The van der Waals surface area contributed by atoms with Gasteiger partial charge < -0.3 is 10.6 Å². The second-order valence-corrected chi connectivity index (χ2v) is 7.09. The number of rotatable bonds is 1. The van der Waals surface area contributed by atoms with E-state index >= 15 is 0 Å². The molecule has 0 saturated carbocycles. The van der Waals surface area contributed by atoms with Crippen LogP contribution in [0.25, 0.3) is 0 Å². The van der Waals surface area contributed by atoms with Crippen LogP contribution in [-0.2, 0) is 16.0 Å². The minimum atomic E-state index is -4.60. The molecule has 1 aromatic carbocycles. The van der Waals surface area contributed by atoms with Gasteiger partial charge in [-0.3, -0.25) is 4.79 Å². The third-order valence-corrected chi connectivity index (χ3v) is 4.77. The van der Waals surface area contributed by atoms with Crippen molar-refractivity contribution >= 4 is 21.4 Å². The maximum absolute atomic E-state index is 12.7. The predicted molar refractivity (Wildman–Crippen MR) is 70.4 cm³/mol. The standard InChI is InChI=1S/C12H13F3N2O3S/c13-12(14,15)9-5-8(6-10(16)7-9)11(18)17-1-3-21(19,20)4-2-17/h5-7H,1-4,16H2. The zero-order valence-electron chi connectivity index (χ0n) is 10.9. The molecule has 1 amide bonds. The number of nitrogens with zero attached hydrogens (tertiary/aromatic N) is 1. The molecule has 1 aliphatic rings. The summed E-state index contributed by atoms with van der Waals surface area (Å²) >= 11 is 0. The molecule has 1 heterocycles. The molecule has 5 nitrogen and oxygen atoms in total. The number of amides is 1. The van der Waals surface area contributed by atoms with Crippen LogP contribution in [0.3, 0.4) is 0 Å². The van der Waals surface area contributed by atoms with Crippen molar-refractivity contribution in [1.29, 1.82) is 0 Å². The van der Waals surface area contributed by atoms with Gasteiger partial charge in [0.25, 0.3) is 5.91 Å². The molecule has 0 aromatic heterocycles. The molecule has 1 aromatic rings. The second-order valence-electron chi connectivity index (χ2n) is 4.79. The number of hydrogen-bond acceptors (Lipinski definition) is 4. The van der Waals surface area contributed by atoms with Crippen LogP contribution in [-0.4, -0.2) is 43.8 Å². The van der Waals surface area contributed by atoms with Crippen molar-refractivity contribution in [2.45, 2.75) is 6.18 Å². The van der Waals surface area contributed by atoms with Crippen LogP contribution >= 0.6 is 0 Å². The molecule has 116 valence electrons. The zero-order chi connectivity index (χ0) is 15.8. The zero-order valence-corrected chi connectivity index (χ0v) is 11.7. The summed E-state index contributed by atoms with van der Waals surface area (Å²) in [4.78, 5) is 13.4. The van der Waals surface area contributed by atoms with E-state index in [4.69, 9.17) is 5.73 Å². The Morgan fingerprint density at radius 1 is 1.14 bits per heavy atom. The number of anilines is 1. The Morgan fingerprint density at radius 2 is 1.71 bits per heavy atom. The van der Waals surface area contributed by atoms with Crippen molar-refractivity contribution in [2.24, 2.45) is 0 Å². The van der Waals surface area contributed by atoms with Crippen molar-refractivity contribution < 1.29 is 26.4 Å². The van der Waals surface area contributed by atoms with E-state index in [9.17, 15) is 26.4 Å². The molecule has 21 heavy (non-hydrogen) atoms. The quantitative estimate of drug-likeness (QED) is 0.787. The van der Waals surface area contributed by atoms with E-state index in [1.807, 2.05) is 0 Å². The van der Waals surface area contributed by atoms with Gasteiger partial charge in [0.15, 0.2) is 9.84 Å². The SMILES string of the molecule is Nc1cc(C(=O)N2CCS(=O)(=O)CC2)cc(C(F)(F)F)c1. The first-order valence-corrected chi connectivity index (χ1v) is 7.88. The lowest BCUT2D eigenvalue weighted by molar-refractivity contribution is -0.137. The molecule has 1 aliphatic heterocycles. The number of carbonyl (C=O) groups excluding carboxylic acids is 1. The van der Waals surface area contributed by atoms with E-state index in [0.717, 1.165) is 18.2 Å². The van der Waals surface area contributed by atoms with Gasteiger partial charge in [-0.2, -0.15) is 13.2 Å². The molecule has 0 unspecified atom stereocenters. The van der Waals surface area contributed by atoms with Gasteiger partial charge in [-0.05, 0) is 18.2 Å². The van der Waals surface area contributed by atoms with Crippen LogP contribution in [0.1, 0.15) is 15.9 Å². The van der Waals surface area contributed by atoms with Gasteiger partial charge in [0.2, 0.25) is 0 Å².